The van der Waals surface area contributed by atoms with E-state index in [1.807, 2.05) is 59.7 Å². The van der Waals surface area contributed by atoms with E-state index in [9.17, 15) is 9.59 Å². The largest absolute Gasteiger partial charge is 0.494 e. The molecule has 6 heteroatoms. The Morgan fingerprint density at radius 2 is 1.65 bits per heavy atom. The van der Waals surface area contributed by atoms with Gasteiger partial charge in [0.25, 0.3) is 0 Å². The van der Waals surface area contributed by atoms with Gasteiger partial charge in [0, 0.05) is 18.7 Å². The molecule has 2 heterocycles. The predicted octanol–water partition coefficient (Wildman–Crippen LogP) is 2.59. The number of fused-ring (bicyclic) bond motifs is 1. The quantitative estimate of drug-likeness (QED) is 0.778. The number of ketones is 1. The van der Waals surface area contributed by atoms with E-state index in [0.29, 0.717) is 13.0 Å². The van der Waals surface area contributed by atoms with Gasteiger partial charge in [0.2, 0.25) is 5.91 Å². The molecule has 140 valence electrons. The number of carbonyl (C=O) groups excluding carboxylic acids is 2. The predicted molar refractivity (Wildman–Crippen MR) is 103 cm³/mol. The van der Waals surface area contributed by atoms with Gasteiger partial charge in [0.1, 0.15) is 5.78 Å². The number of benzene rings is 1. The van der Waals surface area contributed by atoms with Crippen LogP contribution in [0.2, 0.25) is 0 Å². The number of carbonyl (C=O) groups is 2. The van der Waals surface area contributed by atoms with E-state index in [1.54, 1.807) is 11.8 Å². The molecule has 3 rings (SSSR count). The summed E-state index contributed by atoms with van der Waals surface area (Å²) in [5.41, 5.74) is 1.29. The van der Waals surface area contributed by atoms with Gasteiger partial charge in [-0.1, -0.05) is 12.1 Å². The highest BCUT2D eigenvalue weighted by atomic mass is 16.7. The van der Waals surface area contributed by atoms with Crippen molar-refractivity contribution in [3.05, 3.63) is 23.8 Å². The van der Waals surface area contributed by atoms with Crippen molar-refractivity contribution in [3.8, 4) is 0 Å². The maximum Gasteiger partial charge on any atom is 0.494 e. The molecule has 1 saturated heterocycles. The zero-order chi connectivity index (χ0) is 19.5. The van der Waals surface area contributed by atoms with Crippen LogP contribution in [0.4, 0.5) is 5.69 Å². The fourth-order valence-corrected chi connectivity index (χ4v) is 3.48. The van der Waals surface area contributed by atoms with Gasteiger partial charge in [0.15, 0.2) is 0 Å². The number of nitrogens with zero attached hydrogens (tertiary/aromatic N) is 1. The van der Waals surface area contributed by atoms with Gasteiger partial charge in [-0.2, -0.15) is 0 Å². The second kappa shape index (κ2) is 5.93. The molecule has 2 aliphatic rings. The first-order valence-corrected chi connectivity index (χ1v) is 9.18. The molecule has 0 atom stereocenters. The van der Waals surface area contributed by atoms with Crippen LogP contribution in [0.1, 0.15) is 60.5 Å². The molecule has 0 saturated carbocycles. The minimum atomic E-state index is -0.597. The summed E-state index contributed by atoms with van der Waals surface area (Å²) in [6.45, 7) is 13.9. The van der Waals surface area contributed by atoms with Crippen LogP contribution in [0.5, 0.6) is 0 Å². The summed E-state index contributed by atoms with van der Waals surface area (Å²) in [4.78, 5) is 26.0. The minimum absolute atomic E-state index is 0.0276. The fraction of sp³-hybridized carbons (Fsp3) is 0.600. The summed E-state index contributed by atoms with van der Waals surface area (Å²) >= 11 is 0. The highest BCUT2D eigenvalue weighted by molar-refractivity contribution is 6.62. The van der Waals surface area contributed by atoms with Crippen molar-refractivity contribution in [2.45, 2.75) is 71.5 Å². The molecule has 0 aromatic heterocycles. The third-order valence-corrected chi connectivity index (χ3v) is 5.98. The van der Waals surface area contributed by atoms with Gasteiger partial charge in [-0.05, 0) is 65.6 Å². The molecular formula is C20H28BNO4. The number of anilines is 1. The number of hydrogen-bond donors (Lipinski definition) is 0. The average molecular weight is 357 g/mol. The van der Waals surface area contributed by atoms with Crippen molar-refractivity contribution in [3.63, 3.8) is 0 Å². The van der Waals surface area contributed by atoms with Gasteiger partial charge in [0.05, 0.1) is 16.6 Å². The van der Waals surface area contributed by atoms with Crippen LogP contribution in [-0.2, 0) is 24.3 Å². The van der Waals surface area contributed by atoms with Crippen molar-refractivity contribution >= 4 is 30.0 Å². The number of amides is 1. The molecule has 0 spiro atoms. The third kappa shape index (κ3) is 2.89. The van der Waals surface area contributed by atoms with E-state index >= 15 is 0 Å². The summed E-state index contributed by atoms with van der Waals surface area (Å²) in [5, 5.41) is 0. The zero-order valence-corrected chi connectivity index (χ0v) is 16.8. The molecular weight excluding hydrogens is 329 g/mol. The van der Waals surface area contributed by atoms with Gasteiger partial charge >= 0.3 is 7.12 Å². The summed E-state index contributed by atoms with van der Waals surface area (Å²) < 4.78 is 12.3. The van der Waals surface area contributed by atoms with E-state index < -0.39 is 23.7 Å². The van der Waals surface area contributed by atoms with Crippen LogP contribution in [0.3, 0.4) is 0 Å². The molecule has 0 radical (unpaired) electrons. The Bertz CT molecular complexity index is 753. The highest BCUT2D eigenvalue weighted by Crippen LogP contribution is 2.42. The standard InChI is InChI=1S/C20H28BNO4/c1-13(23)10-11-22-16-12-14(8-9-15(16)18(2,3)17(22)24)21-25-19(4,5)20(6,7)26-21/h8-9,12H,10-11H2,1-7H3. The number of hydrogen-bond acceptors (Lipinski definition) is 4. The molecule has 0 aliphatic carbocycles. The topological polar surface area (TPSA) is 55.8 Å². The normalized spacial score (nSPS) is 22.7. The minimum Gasteiger partial charge on any atom is -0.399 e. The van der Waals surface area contributed by atoms with Gasteiger partial charge in [-0.25, -0.2) is 0 Å². The number of Topliss-reactive ketones (excluding diaryl/α,β-unsaturated/α-hetero) is 1. The lowest BCUT2D eigenvalue weighted by Gasteiger charge is -2.32. The molecule has 1 amide bonds. The Kier molecular flexibility index (Phi) is 4.36. The second-order valence-electron chi connectivity index (χ2n) is 8.90. The van der Waals surface area contributed by atoms with Crippen molar-refractivity contribution in [2.24, 2.45) is 0 Å². The Hall–Kier alpha value is -1.66. The third-order valence-electron chi connectivity index (χ3n) is 5.98. The molecule has 0 unspecified atom stereocenters. The van der Waals surface area contributed by atoms with Crippen LogP contribution < -0.4 is 10.4 Å². The monoisotopic (exact) mass is 357 g/mol. The second-order valence-corrected chi connectivity index (χ2v) is 8.90. The van der Waals surface area contributed by atoms with E-state index in [-0.39, 0.29) is 11.7 Å². The average Bonchev–Trinajstić information content (AvgIpc) is 2.85. The van der Waals surface area contributed by atoms with Crippen LogP contribution in [0.15, 0.2) is 18.2 Å². The van der Waals surface area contributed by atoms with E-state index in [1.165, 1.54) is 0 Å². The van der Waals surface area contributed by atoms with E-state index in [2.05, 4.69) is 0 Å². The van der Waals surface area contributed by atoms with Crippen molar-refractivity contribution in [1.82, 2.24) is 0 Å². The van der Waals surface area contributed by atoms with Crippen LogP contribution in [0.25, 0.3) is 0 Å². The summed E-state index contributed by atoms with van der Waals surface area (Å²) in [6, 6.07) is 5.94. The van der Waals surface area contributed by atoms with E-state index in [4.69, 9.17) is 9.31 Å². The molecule has 2 aliphatic heterocycles. The molecule has 0 N–H and O–H groups in total. The van der Waals surface area contributed by atoms with Crippen molar-refractivity contribution < 1.29 is 18.9 Å². The summed E-state index contributed by atoms with van der Waals surface area (Å²) in [6.07, 6.45) is 0.349. The molecule has 26 heavy (non-hydrogen) atoms. The van der Waals surface area contributed by atoms with Crippen LogP contribution >= 0.6 is 0 Å². The van der Waals surface area contributed by atoms with Crippen LogP contribution in [0, 0.1) is 0 Å². The Morgan fingerprint density at radius 3 is 2.19 bits per heavy atom. The molecule has 1 fully saturated rings. The lowest BCUT2D eigenvalue weighted by Crippen LogP contribution is -2.41. The zero-order valence-electron chi connectivity index (χ0n) is 16.8. The Balaban J connectivity index is 1.97. The van der Waals surface area contributed by atoms with Crippen LogP contribution in [-0.4, -0.2) is 36.6 Å². The summed E-state index contributed by atoms with van der Waals surface area (Å²) in [5.74, 6) is 0.103. The molecule has 0 bridgehead atoms. The summed E-state index contributed by atoms with van der Waals surface area (Å²) in [7, 11) is -0.473. The molecule has 1 aromatic carbocycles. The lowest BCUT2D eigenvalue weighted by atomic mass is 9.77. The fourth-order valence-electron chi connectivity index (χ4n) is 3.48. The SMILES string of the molecule is CC(=O)CCN1C(=O)C(C)(C)c2ccc(B3OC(C)(C)C(C)(C)O3)cc21. The molecule has 5 nitrogen and oxygen atoms in total. The first-order chi connectivity index (χ1) is 11.9. The van der Waals surface area contributed by atoms with Crippen molar-refractivity contribution in [1.29, 1.82) is 0 Å². The first kappa shape index (κ1) is 19.1. The Morgan fingerprint density at radius 1 is 1.08 bits per heavy atom. The van der Waals surface area contributed by atoms with Gasteiger partial charge in [-0.3, -0.25) is 9.59 Å². The maximum atomic E-state index is 12.9. The van der Waals surface area contributed by atoms with Gasteiger partial charge < -0.3 is 14.2 Å². The van der Waals surface area contributed by atoms with Gasteiger partial charge in [-0.15, -0.1) is 0 Å². The first-order valence-electron chi connectivity index (χ1n) is 9.18. The lowest BCUT2D eigenvalue weighted by molar-refractivity contribution is -0.122. The number of rotatable bonds is 4. The smallest absolute Gasteiger partial charge is 0.399 e. The van der Waals surface area contributed by atoms with E-state index in [0.717, 1.165) is 16.7 Å². The maximum absolute atomic E-state index is 12.9. The molecule has 1 aromatic rings. The highest BCUT2D eigenvalue weighted by Gasteiger charge is 2.52. The van der Waals surface area contributed by atoms with Crippen molar-refractivity contribution in [2.75, 3.05) is 11.4 Å². The Labute approximate surface area is 156 Å².